The molecule has 2 aromatic carbocycles. The predicted molar refractivity (Wildman–Crippen MR) is 133 cm³/mol. The average molecular weight is 492 g/mol. The standard InChI is InChI=1S/C28H33N3O5/c32-22(15-29-10-9-19-3-1-2-4-21(19)14-29)16-30-11-12-35-26-13-23(7-8-25(26)28(30)34)36-24-17-31(18-24)27(33)20-5-6-20/h1-4,7-8,13,20,22,24,32H,5-6,9-12,14-18H2. The first-order valence-electron chi connectivity index (χ1n) is 13.0. The summed E-state index contributed by atoms with van der Waals surface area (Å²) in [6, 6.07) is 13.7. The van der Waals surface area contributed by atoms with Crippen LogP contribution in [-0.2, 0) is 17.8 Å². The van der Waals surface area contributed by atoms with Crippen molar-refractivity contribution < 1.29 is 24.2 Å². The topological polar surface area (TPSA) is 82.5 Å². The van der Waals surface area contributed by atoms with Gasteiger partial charge in [-0.05, 0) is 42.5 Å². The minimum absolute atomic E-state index is 0.0272. The lowest BCUT2D eigenvalue weighted by Crippen LogP contribution is -2.56. The Labute approximate surface area is 211 Å². The molecule has 6 rings (SSSR count). The van der Waals surface area contributed by atoms with Crippen molar-refractivity contribution in [2.45, 2.75) is 38.0 Å². The van der Waals surface area contributed by atoms with Crippen LogP contribution >= 0.6 is 0 Å². The number of carbonyl (C=O) groups is 2. The number of β-amino-alcohol motifs (C(OH)–C–C–N with tert-alkyl or cyclic N) is 1. The van der Waals surface area contributed by atoms with Gasteiger partial charge in [-0.25, -0.2) is 0 Å². The van der Waals surface area contributed by atoms with Crippen molar-refractivity contribution in [3.05, 3.63) is 59.2 Å². The Morgan fingerprint density at radius 1 is 1.08 bits per heavy atom. The van der Waals surface area contributed by atoms with Crippen LogP contribution in [0.1, 0.15) is 34.3 Å². The van der Waals surface area contributed by atoms with Crippen molar-refractivity contribution in [3.63, 3.8) is 0 Å². The van der Waals surface area contributed by atoms with Gasteiger partial charge in [-0.3, -0.25) is 14.5 Å². The molecule has 2 fully saturated rings. The molecule has 3 heterocycles. The molecule has 1 saturated carbocycles. The Bertz CT molecular complexity index is 1140. The number of aliphatic hydroxyl groups is 1. The van der Waals surface area contributed by atoms with Gasteiger partial charge >= 0.3 is 0 Å². The first kappa shape index (κ1) is 23.3. The van der Waals surface area contributed by atoms with Gasteiger partial charge < -0.3 is 24.4 Å². The fourth-order valence-electron chi connectivity index (χ4n) is 5.38. The molecule has 3 aliphatic heterocycles. The first-order chi connectivity index (χ1) is 17.5. The zero-order valence-corrected chi connectivity index (χ0v) is 20.5. The summed E-state index contributed by atoms with van der Waals surface area (Å²) in [4.78, 5) is 31.2. The third-order valence-electron chi connectivity index (χ3n) is 7.59. The number of carbonyl (C=O) groups excluding carboxylic acids is 2. The molecule has 1 N–H and O–H groups in total. The molecule has 8 nitrogen and oxygen atoms in total. The molecule has 190 valence electrons. The van der Waals surface area contributed by atoms with Gasteiger partial charge in [0.15, 0.2) is 0 Å². The van der Waals surface area contributed by atoms with Gasteiger partial charge in [-0.2, -0.15) is 0 Å². The molecule has 36 heavy (non-hydrogen) atoms. The van der Waals surface area contributed by atoms with Crippen LogP contribution in [0, 0.1) is 5.92 Å². The average Bonchev–Trinajstić information content (AvgIpc) is 3.71. The Balaban J connectivity index is 1.03. The van der Waals surface area contributed by atoms with Crippen molar-refractivity contribution in [1.82, 2.24) is 14.7 Å². The van der Waals surface area contributed by atoms with Crippen molar-refractivity contribution in [3.8, 4) is 11.5 Å². The lowest BCUT2D eigenvalue weighted by atomic mass is 10.00. The molecular formula is C28H33N3O5. The molecule has 4 aliphatic rings. The van der Waals surface area contributed by atoms with E-state index in [0.717, 1.165) is 32.4 Å². The molecule has 0 bridgehead atoms. The highest BCUT2D eigenvalue weighted by Crippen LogP contribution is 2.34. The van der Waals surface area contributed by atoms with Crippen LogP contribution in [0.4, 0.5) is 0 Å². The van der Waals surface area contributed by atoms with Crippen LogP contribution in [0.2, 0.25) is 0 Å². The number of fused-ring (bicyclic) bond motifs is 2. The summed E-state index contributed by atoms with van der Waals surface area (Å²) in [6.07, 6.45) is 2.34. The molecule has 1 unspecified atom stereocenters. The Morgan fingerprint density at radius 3 is 2.69 bits per heavy atom. The minimum Gasteiger partial charge on any atom is -0.491 e. The van der Waals surface area contributed by atoms with Crippen LogP contribution < -0.4 is 9.47 Å². The summed E-state index contributed by atoms with van der Waals surface area (Å²) >= 11 is 0. The van der Waals surface area contributed by atoms with Crippen LogP contribution in [0.15, 0.2) is 42.5 Å². The zero-order valence-electron chi connectivity index (χ0n) is 20.5. The summed E-state index contributed by atoms with van der Waals surface area (Å²) in [6.45, 7) is 4.53. The molecule has 0 spiro atoms. The van der Waals surface area contributed by atoms with Crippen LogP contribution in [0.5, 0.6) is 11.5 Å². The van der Waals surface area contributed by atoms with Gasteiger partial charge in [-0.1, -0.05) is 24.3 Å². The first-order valence-corrected chi connectivity index (χ1v) is 13.0. The number of amides is 2. The van der Waals surface area contributed by atoms with E-state index in [1.807, 2.05) is 4.90 Å². The summed E-state index contributed by atoms with van der Waals surface area (Å²) in [5.74, 6) is 1.49. The van der Waals surface area contributed by atoms with Crippen LogP contribution in [0.3, 0.4) is 0 Å². The Morgan fingerprint density at radius 2 is 1.89 bits per heavy atom. The number of hydrogen-bond acceptors (Lipinski definition) is 6. The fraction of sp³-hybridized carbons (Fsp3) is 0.500. The number of ether oxygens (including phenoxy) is 2. The number of hydrogen-bond donors (Lipinski definition) is 1. The highest BCUT2D eigenvalue weighted by atomic mass is 16.5. The fourth-order valence-corrected chi connectivity index (χ4v) is 5.38. The van der Waals surface area contributed by atoms with E-state index < -0.39 is 6.10 Å². The molecule has 2 aromatic rings. The number of likely N-dealkylation sites (tertiary alicyclic amines) is 1. The van der Waals surface area contributed by atoms with Gasteiger partial charge in [0, 0.05) is 38.2 Å². The van der Waals surface area contributed by atoms with E-state index in [2.05, 4.69) is 29.2 Å². The van der Waals surface area contributed by atoms with E-state index in [0.29, 0.717) is 49.8 Å². The molecule has 1 saturated heterocycles. The Hall–Kier alpha value is -3.10. The summed E-state index contributed by atoms with van der Waals surface area (Å²) < 4.78 is 11.9. The van der Waals surface area contributed by atoms with Crippen LogP contribution in [-0.4, -0.2) is 89.7 Å². The minimum atomic E-state index is -0.636. The lowest BCUT2D eigenvalue weighted by Gasteiger charge is -2.39. The summed E-state index contributed by atoms with van der Waals surface area (Å²) in [7, 11) is 0. The third kappa shape index (κ3) is 4.92. The molecule has 8 heteroatoms. The lowest BCUT2D eigenvalue weighted by molar-refractivity contribution is -0.141. The SMILES string of the molecule is O=C1c2ccc(OC3CN(C(=O)C4CC4)C3)cc2OCCN1CC(O)CN1CCc2ccccc2C1. The van der Waals surface area contributed by atoms with E-state index >= 15 is 0 Å². The molecule has 0 radical (unpaired) electrons. The molecule has 1 atom stereocenters. The number of rotatable bonds is 7. The maximum Gasteiger partial charge on any atom is 0.257 e. The predicted octanol–water partition coefficient (Wildman–Crippen LogP) is 1.94. The molecule has 0 aromatic heterocycles. The quantitative estimate of drug-likeness (QED) is 0.638. The van der Waals surface area contributed by atoms with Gasteiger partial charge in [0.25, 0.3) is 5.91 Å². The third-order valence-corrected chi connectivity index (χ3v) is 7.59. The molecular weight excluding hydrogens is 458 g/mol. The van der Waals surface area contributed by atoms with E-state index in [1.165, 1.54) is 11.1 Å². The largest absolute Gasteiger partial charge is 0.491 e. The molecule has 1 aliphatic carbocycles. The van der Waals surface area contributed by atoms with Gasteiger partial charge in [-0.15, -0.1) is 0 Å². The van der Waals surface area contributed by atoms with E-state index in [4.69, 9.17) is 9.47 Å². The number of aliphatic hydroxyl groups excluding tert-OH is 1. The zero-order chi connectivity index (χ0) is 24.6. The second kappa shape index (κ2) is 9.75. The van der Waals surface area contributed by atoms with Gasteiger partial charge in [0.2, 0.25) is 5.91 Å². The maximum absolute atomic E-state index is 13.3. The second-order valence-electron chi connectivity index (χ2n) is 10.4. The van der Waals surface area contributed by atoms with Crippen LogP contribution in [0.25, 0.3) is 0 Å². The van der Waals surface area contributed by atoms with E-state index in [1.54, 1.807) is 23.1 Å². The van der Waals surface area contributed by atoms with Gasteiger partial charge in [0.05, 0.1) is 31.3 Å². The van der Waals surface area contributed by atoms with E-state index in [9.17, 15) is 14.7 Å². The maximum atomic E-state index is 13.3. The summed E-state index contributed by atoms with van der Waals surface area (Å²) in [5, 5.41) is 10.8. The highest BCUT2D eigenvalue weighted by molar-refractivity contribution is 5.97. The normalized spacial score (nSPS) is 21.1. The molecule has 2 amide bonds. The smallest absolute Gasteiger partial charge is 0.257 e. The summed E-state index contributed by atoms with van der Waals surface area (Å²) in [5.41, 5.74) is 3.17. The van der Waals surface area contributed by atoms with Crippen molar-refractivity contribution in [2.75, 3.05) is 45.9 Å². The number of nitrogens with zero attached hydrogens (tertiary/aromatic N) is 3. The second-order valence-corrected chi connectivity index (χ2v) is 10.4. The van der Waals surface area contributed by atoms with E-state index in [-0.39, 0.29) is 30.4 Å². The van der Waals surface area contributed by atoms with Crippen molar-refractivity contribution in [2.24, 2.45) is 5.92 Å². The number of benzene rings is 2. The monoisotopic (exact) mass is 491 g/mol. The van der Waals surface area contributed by atoms with Crippen molar-refractivity contribution >= 4 is 11.8 Å². The van der Waals surface area contributed by atoms with Gasteiger partial charge in [0.1, 0.15) is 24.2 Å². The Kier molecular flexibility index (Phi) is 6.31. The van der Waals surface area contributed by atoms with Crippen molar-refractivity contribution in [1.29, 1.82) is 0 Å². The highest BCUT2D eigenvalue weighted by Gasteiger charge is 2.40.